The van der Waals surface area contributed by atoms with Crippen molar-refractivity contribution < 1.29 is 14.3 Å². The van der Waals surface area contributed by atoms with E-state index in [1.807, 2.05) is 37.3 Å². The first-order valence-electron chi connectivity index (χ1n) is 7.56. The number of rotatable bonds is 4. The van der Waals surface area contributed by atoms with Crippen molar-refractivity contribution in [1.82, 2.24) is 5.32 Å². The van der Waals surface area contributed by atoms with Crippen LogP contribution in [0.15, 0.2) is 30.3 Å². The summed E-state index contributed by atoms with van der Waals surface area (Å²) in [5, 5.41) is 3.04. The molecule has 1 aromatic rings. The molecule has 1 aliphatic carbocycles. The molecule has 0 saturated heterocycles. The van der Waals surface area contributed by atoms with Gasteiger partial charge in [0, 0.05) is 6.04 Å². The van der Waals surface area contributed by atoms with E-state index < -0.39 is 0 Å². The summed E-state index contributed by atoms with van der Waals surface area (Å²) in [4.78, 5) is 24.2. The SMILES string of the molecule is COC(=O)[C@@H]1CCCC[C@@H]1NC(=O)[C@@H](C)c1ccccc1. The van der Waals surface area contributed by atoms with Crippen molar-refractivity contribution >= 4 is 11.9 Å². The van der Waals surface area contributed by atoms with Crippen molar-refractivity contribution in [2.75, 3.05) is 7.11 Å². The van der Waals surface area contributed by atoms with E-state index in [9.17, 15) is 9.59 Å². The molecule has 0 unspecified atom stereocenters. The van der Waals surface area contributed by atoms with Crippen LogP contribution in [0.3, 0.4) is 0 Å². The summed E-state index contributed by atoms with van der Waals surface area (Å²) < 4.78 is 4.86. The summed E-state index contributed by atoms with van der Waals surface area (Å²) in [6, 6.07) is 9.58. The molecule has 0 radical (unpaired) electrons. The van der Waals surface area contributed by atoms with E-state index in [1.165, 1.54) is 7.11 Å². The molecule has 1 aromatic carbocycles. The molecule has 0 bridgehead atoms. The molecule has 1 amide bonds. The van der Waals surface area contributed by atoms with E-state index in [0.29, 0.717) is 0 Å². The third kappa shape index (κ3) is 3.84. The van der Waals surface area contributed by atoms with Gasteiger partial charge in [-0.2, -0.15) is 0 Å². The molecule has 2 rings (SSSR count). The van der Waals surface area contributed by atoms with Gasteiger partial charge in [0.2, 0.25) is 5.91 Å². The molecule has 3 atom stereocenters. The number of carbonyl (C=O) groups excluding carboxylic acids is 2. The molecular weight excluding hydrogens is 266 g/mol. The Bertz CT molecular complexity index is 486. The number of carbonyl (C=O) groups is 2. The van der Waals surface area contributed by atoms with Crippen LogP contribution < -0.4 is 5.32 Å². The van der Waals surface area contributed by atoms with Crippen molar-refractivity contribution in [3.8, 4) is 0 Å². The minimum atomic E-state index is -0.216. The molecule has 4 nitrogen and oxygen atoms in total. The van der Waals surface area contributed by atoms with Crippen molar-refractivity contribution in [2.45, 2.75) is 44.6 Å². The number of methoxy groups -OCH3 is 1. The van der Waals surface area contributed by atoms with Crippen LogP contribution in [0.5, 0.6) is 0 Å². The fourth-order valence-electron chi connectivity index (χ4n) is 2.94. The van der Waals surface area contributed by atoms with Gasteiger partial charge in [-0.15, -0.1) is 0 Å². The van der Waals surface area contributed by atoms with Gasteiger partial charge in [0.05, 0.1) is 18.9 Å². The van der Waals surface area contributed by atoms with Crippen LogP contribution in [0.2, 0.25) is 0 Å². The highest BCUT2D eigenvalue weighted by molar-refractivity contribution is 5.84. The molecule has 1 N–H and O–H groups in total. The average Bonchev–Trinajstić information content (AvgIpc) is 2.54. The fraction of sp³-hybridized carbons (Fsp3) is 0.529. The molecule has 4 heteroatoms. The predicted octanol–water partition coefficient (Wildman–Crippen LogP) is 2.64. The van der Waals surface area contributed by atoms with Crippen molar-refractivity contribution in [3.63, 3.8) is 0 Å². The van der Waals surface area contributed by atoms with Crippen LogP contribution in [0, 0.1) is 5.92 Å². The Morgan fingerprint density at radius 3 is 2.52 bits per heavy atom. The number of nitrogens with one attached hydrogen (secondary N) is 1. The van der Waals surface area contributed by atoms with E-state index in [2.05, 4.69) is 5.32 Å². The number of amides is 1. The maximum absolute atomic E-state index is 12.4. The van der Waals surface area contributed by atoms with Gasteiger partial charge >= 0.3 is 5.97 Å². The van der Waals surface area contributed by atoms with Crippen LogP contribution in [0.1, 0.15) is 44.1 Å². The molecule has 114 valence electrons. The highest BCUT2D eigenvalue weighted by Gasteiger charge is 2.33. The van der Waals surface area contributed by atoms with Gasteiger partial charge in [0.1, 0.15) is 0 Å². The van der Waals surface area contributed by atoms with Gasteiger partial charge in [0.25, 0.3) is 0 Å². The number of hydrogen-bond acceptors (Lipinski definition) is 3. The Morgan fingerprint density at radius 1 is 1.19 bits per heavy atom. The largest absolute Gasteiger partial charge is 0.469 e. The second-order valence-electron chi connectivity index (χ2n) is 5.66. The Labute approximate surface area is 125 Å². The minimum Gasteiger partial charge on any atom is -0.469 e. The third-order valence-electron chi connectivity index (χ3n) is 4.29. The maximum Gasteiger partial charge on any atom is 0.310 e. The highest BCUT2D eigenvalue weighted by Crippen LogP contribution is 2.26. The quantitative estimate of drug-likeness (QED) is 0.867. The van der Waals surface area contributed by atoms with Gasteiger partial charge in [-0.1, -0.05) is 43.2 Å². The van der Waals surface area contributed by atoms with E-state index in [1.54, 1.807) is 0 Å². The number of ether oxygens (including phenoxy) is 1. The summed E-state index contributed by atoms with van der Waals surface area (Å²) in [5.41, 5.74) is 0.987. The smallest absolute Gasteiger partial charge is 0.310 e. The van der Waals surface area contributed by atoms with E-state index in [-0.39, 0.29) is 29.8 Å². The molecule has 1 aliphatic rings. The average molecular weight is 289 g/mol. The van der Waals surface area contributed by atoms with E-state index >= 15 is 0 Å². The van der Waals surface area contributed by atoms with Gasteiger partial charge in [-0.05, 0) is 25.3 Å². The van der Waals surface area contributed by atoms with Crippen LogP contribution in [0.4, 0.5) is 0 Å². The minimum absolute atomic E-state index is 0.0259. The number of esters is 1. The highest BCUT2D eigenvalue weighted by atomic mass is 16.5. The number of hydrogen-bond donors (Lipinski definition) is 1. The second-order valence-corrected chi connectivity index (χ2v) is 5.66. The van der Waals surface area contributed by atoms with Gasteiger partial charge < -0.3 is 10.1 Å². The van der Waals surface area contributed by atoms with Crippen LogP contribution in [-0.2, 0) is 14.3 Å². The Hall–Kier alpha value is -1.84. The standard InChI is InChI=1S/C17H23NO3/c1-12(13-8-4-3-5-9-13)16(19)18-15-11-7-6-10-14(15)17(20)21-2/h3-5,8-9,12,14-15H,6-7,10-11H2,1-2H3,(H,18,19)/t12-,14+,15-/m0/s1. The van der Waals surface area contributed by atoms with Gasteiger partial charge in [-0.3, -0.25) is 9.59 Å². The summed E-state index contributed by atoms with van der Waals surface area (Å²) >= 11 is 0. The summed E-state index contributed by atoms with van der Waals surface area (Å²) in [6.45, 7) is 1.89. The normalized spacial score (nSPS) is 23.1. The molecule has 0 aliphatic heterocycles. The van der Waals surface area contributed by atoms with E-state index in [0.717, 1.165) is 31.2 Å². The molecule has 0 aromatic heterocycles. The Balaban J connectivity index is 2.01. The molecule has 1 saturated carbocycles. The zero-order chi connectivity index (χ0) is 15.2. The van der Waals surface area contributed by atoms with Crippen LogP contribution in [-0.4, -0.2) is 25.0 Å². The maximum atomic E-state index is 12.4. The molecule has 1 fully saturated rings. The molecular formula is C17H23NO3. The van der Waals surface area contributed by atoms with E-state index in [4.69, 9.17) is 4.74 Å². The Morgan fingerprint density at radius 2 is 1.86 bits per heavy atom. The third-order valence-corrected chi connectivity index (χ3v) is 4.29. The van der Waals surface area contributed by atoms with Gasteiger partial charge in [0.15, 0.2) is 0 Å². The van der Waals surface area contributed by atoms with Crippen molar-refractivity contribution in [1.29, 1.82) is 0 Å². The van der Waals surface area contributed by atoms with Gasteiger partial charge in [-0.25, -0.2) is 0 Å². The number of benzene rings is 1. The molecule has 0 spiro atoms. The summed E-state index contributed by atoms with van der Waals surface area (Å²) in [5.74, 6) is -0.670. The lowest BCUT2D eigenvalue weighted by Gasteiger charge is -2.31. The second kappa shape index (κ2) is 7.25. The zero-order valence-electron chi connectivity index (χ0n) is 12.7. The first-order chi connectivity index (χ1) is 10.1. The fourth-order valence-corrected chi connectivity index (χ4v) is 2.94. The van der Waals surface area contributed by atoms with Crippen molar-refractivity contribution in [3.05, 3.63) is 35.9 Å². The van der Waals surface area contributed by atoms with Crippen LogP contribution in [0.25, 0.3) is 0 Å². The first-order valence-corrected chi connectivity index (χ1v) is 7.56. The first kappa shape index (κ1) is 15.5. The monoisotopic (exact) mass is 289 g/mol. The lowest BCUT2D eigenvalue weighted by atomic mass is 9.84. The lowest BCUT2D eigenvalue weighted by Crippen LogP contribution is -2.46. The van der Waals surface area contributed by atoms with Crippen LogP contribution >= 0.6 is 0 Å². The summed E-state index contributed by atoms with van der Waals surface area (Å²) in [7, 11) is 1.41. The summed E-state index contributed by atoms with van der Waals surface area (Å²) in [6.07, 6.45) is 3.68. The lowest BCUT2D eigenvalue weighted by molar-refractivity contribution is -0.147. The zero-order valence-corrected chi connectivity index (χ0v) is 12.7. The topological polar surface area (TPSA) is 55.4 Å². The van der Waals surface area contributed by atoms with Crippen molar-refractivity contribution in [2.24, 2.45) is 5.92 Å². The Kier molecular flexibility index (Phi) is 5.37. The molecule has 0 heterocycles. The predicted molar refractivity (Wildman–Crippen MR) is 80.8 cm³/mol. The molecule has 21 heavy (non-hydrogen) atoms.